The number of para-hydroxylation sites is 1. The van der Waals surface area contributed by atoms with Gasteiger partial charge in [0.05, 0.1) is 27.7 Å². The lowest BCUT2D eigenvalue weighted by atomic mass is 9.49. The van der Waals surface area contributed by atoms with Gasteiger partial charge >= 0.3 is 5.69 Å². The molecule has 0 saturated carbocycles. The van der Waals surface area contributed by atoms with Crippen LogP contribution < -0.4 is 15.3 Å². The summed E-state index contributed by atoms with van der Waals surface area (Å²) in [5.74, 6) is 0.592. The van der Waals surface area contributed by atoms with E-state index in [0.717, 1.165) is 16.6 Å². The SMILES string of the molecule is BC(B)(B)n1c(=O)nc(N2CCCOc3c(Br)cccc32)c2c(F)cccc21. The molecule has 2 heterocycles. The van der Waals surface area contributed by atoms with Gasteiger partial charge in [-0.05, 0) is 51.9 Å². The van der Waals surface area contributed by atoms with E-state index in [-0.39, 0.29) is 0 Å². The Labute approximate surface area is 173 Å². The summed E-state index contributed by atoms with van der Waals surface area (Å²) >= 11 is 3.52. The molecule has 4 rings (SSSR count). The van der Waals surface area contributed by atoms with Crippen molar-refractivity contribution in [2.75, 3.05) is 18.1 Å². The molecule has 1 aliphatic heterocycles. The van der Waals surface area contributed by atoms with Crippen molar-refractivity contribution < 1.29 is 9.13 Å². The quantitative estimate of drug-likeness (QED) is 0.551. The Morgan fingerprint density at radius 3 is 2.68 bits per heavy atom. The van der Waals surface area contributed by atoms with Crippen LogP contribution in [0.2, 0.25) is 0 Å². The minimum absolute atomic E-state index is 0.323. The number of fused-ring (bicyclic) bond motifs is 2. The van der Waals surface area contributed by atoms with Crippen LogP contribution >= 0.6 is 15.9 Å². The zero-order chi connectivity index (χ0) is 20.1. The molecule has 140 valence electrons. The summed E-state index contributed by atoms with van der Waals surface area (Å²) in [7, 11) is 5.73. The number of anilines is 2. The Morgan fingerprint density at radius 2 is 1.93 bits per heavy atom. The number of benzene rings is 2. The van der Waals surface area contributed by atoms with E-state index >= 15 is 4.39 Å². The van der Waals surface area contributed by atoms with Crippen LogP contribution in [0.5, 0.6) is 5.75 Å². The van der Waals surface area contributed by atoms with Crippen LogP contribution in [-0.4, -0.2) is 46.2 Å². The lowest BCUT2D eigenvalue weighted by Gasteiger charge is -2.29. The molecule has 10 heteroatoms. The smallest absolute Gasteiger partial charge is 0.348 e. The van der Waals surface area contributed by atoms with E-state index in [4.69, 9.17) is 4.74 Å². The molecule has 0 unspecified atom stereocenters. The molecular weight excluding hydrogens is 422 g/mol. The van der Waals surface area contributed by atoms with Gasteiger partial charge in [-0.2, -0.15) is 4.98 Å². The Kier molecular flexibility index (Phi) is 4.77. The molecule has 0 amide bonds. The molecule has 5 nitrogen and oxygen atoms in total. The van der Waals surface area contributed by atoms with Gasteiger partial charge in [-0.15, -0.1) is 0 Å². The second kappa shape index (κ2) is 6.99. The van der Waals surface area contributed by atoms with Gasteiger partial charge < -0.3 is 14.2 Å². The molecule has 0 spiro atoms. The third kappa shape index (κ3) is 3.13. The average molecular weight is 440 g/mol. The van der Waals surface area contributed by atoms with Gasteiger partial charge in [0, 0.05) is 6.54 Å². The molecule has 0 aliphatic carbocycles. The Morgan fingerprint density at radius 1 is 1.18 bits per heavy atom. The van der Waals surface area contributed by atoms with Crippen molar-refractivity contribution in [2.24, 2.45) is 0 Å². The summed E-state index contributed by atoms with van der Waals surface area (Å²) in [6, 6.07) is 10.5. The van der Waals surface area contributed by atoms with Crippen molar-refractivity contribution in [1.82, 2.24) is 9.55 Å². The van der Waals surface area contributed by atoms with Crippen LogP contribution in [0, 0.1) is 5.82 Å². The van der Waals surface area contributed by atoms with Gasteiger partial charge in [-0.1, -0.05) is 12.1 Å². The van der Waals surface area contributed by atoms with E-state index in [2.05, 4.69) is 20.9 Å². The predicted molar refractivity (Wildman–Crippen MR) is 121 cm³/mol. The molecule has 1 aromatic heterocycles. The second-order valence-electron chi connectivity index (χ2n) is 7.80. The highest BCUT2D eigenvalue weighted by molar-refractivity contribution is 9.10. The monoisotopic (exact) mass is 439 g/mol. The molecule has 0 fully saturated rings. The van der Waals surface area contributed by atoms with Crippen LogP contribution in [-0.2, 0) is 5.24 Å². The molecule has 0 N–H and O–H groups in total. The van der Waals surface area contributed by atoms with Crippen LogP contribution in [0.4, 0.5) is 15.9 Å². The van der Waals surface area contributed by atoms with Gasteiger partial charge in [-0.3, -0.25) is 0 Å². The third-order valence-electron chi connectivity index (χ3n) is 4.78. The highest BCUT2D eigenvalue weighted by Gasteiger charge is 2.27. The molecule has 0 bridgehead atoms. The zero-order valence-electron chi connectivity index (χ0n) is 16.0. The van der Waals surface area contributed by atoms with E-state index in [9.17, 15) is 4.79 Å². The minimum Gasteiger partial charge on any atom is -0.490 e. The average Bonchev–Trinajstić information content (AvgIpc) is 2.83. The number of hydrogen-bond acceptors (Lipinski definition) is 4. The highest BCUT2D eigenvalue weighted by Crippen LogP contribution is 2.42. The van der Waals surface area contributed by atoms with E-state index in [0.29, 0.717) is 35.6 Å². The predicted octanol–water partition coefficient (Wildman–Crippen LogP) is 0.686. The summed E-state index contributed by atoms with van der Waals surface area (Å²) in [5, 5.41) is -0.192. The second-order valence-corrected chi connectivity index (χ2v) is 8.65. The first-order chi connectivity index (χ1) is 13.3. The van der Waals surface area contributed by atoms with E-state index in [1.807, 2.05) is 46.6 Å². The molecular formula is C18H18B3BrFN3O2. The minimum atomic E-state index is -0.530. The van der Waals surface area contributed by atoms with Gasteiger partial charge in [0.15, 0.2) is 11.6 Å². The number of halogens is 2. The topological polar surface area (TPSA) is 47.4 Å². The first kappa shape index (κ1) is 19.1. The third-order valence-corrected chi connectivity index (χ3v) is 5.41. The van der Waals surface area contributed by atoms with E-state index in [1.165, 1.54) is 6.07 Å². The summed E-state index contributed by atoms with van der Waals surface area (Å²) < 4.78 is 23.3. The van der Waals surface area contributed by atoms with Gasteiger partial charge in [0.1, 0.15) is 29.4 Å². The summed E-state index contributed by atoms with van der Waals surface area (Å²) in [5.41, 5.74) is 0.892. The molecule has 3 aromatic rings. The highest BCUT2D eigenvalue weighted by atomic mass is 79.9. The Bertz CT molecular complexity index is 1130. The zero-order valence-corrected chi connectivity index (χ0v) is 17.6. The number of hydrogen-bond donors (Lipinski definition) is 0. The van der Waals surface area contributed by atoms with Crippen molar-refractivity contribution in [3.63, 3.8) is 0 Å². The van der Waals surface area contributed by atoms with Crippen molar-refractivity contribution in [1.29, 1.82) is 0 Å². The summed E-state index contributed by atoms with van der Waals surface area (Å²) in [4.78, 5) is 19.2. The summed E-state index contributed by atoms with van der Waals surface area (Å²) in [6.07, 6.45) is 0.723. The molecule has 0 radical (unpaired) electrons. The van der Waals surface area contributed by atoms with Crippen LogP contribution in [0.15, 0.2) is 45.7 Å². The fourth-order valence-electron chi connectivity index (χ4n) is 3.65. The normalized spacial score (nSPS) is 14.4. The number of rotatable bonds is 2. The Balaban J connectivity index is 2.07. The molecule has 28 heavy (non-hydrogen) atoms. The standard InChI is InChI=1S/C18H18B3BrFN3O2/c19-18(20,21)26-12-6-2-5-11(23)14(12)16(24-17(26)27)25-8-3-9-28-15-10(22)4-1-7-13(15)25/h1-2,4-7H,3,8-9,19-21H2. The van der Waals surface area contributed by atoms with Gasteiger partial charge in [0.2, 0.25) is 0 Å². The van der Waals surface area contributed by atoms with Crippen LogP contribution in [0.3, 0.4) is 0 Å². The van der Waals surface area contributed by atoms with Gasteiger partial charge in [-0.25, -0.2) is 9.18 Å². The lowest BCUT2D eigenvalue weighted by Crippen LogP contribution is -2.44. The Hall–Kier alpha value is -2.22. The first-order valence-corrected chi connectivity index (χ1v) is 9.99. The van der Waals surface area contributed by atoms with Crippen molar-refractivity contribution >= 4 is 61.9 Å². The lowest BCUT2D eigenvalue weighted by molar-refractivity contribution is 0.321. The van der Waals surface area contributed by atoms with Crippen LogP contribution in [0.1, 0.15) is 6.42 Å². The van der Waals surface area contributed by atoms with Crippen molar-refractivity contribution in [2.45, 2.75) is 11.7 Å². The maximum Gasteiger partial charge on any atom is 0.348 e. The first-order valence-electron chi connectivity index (χ1n) is 9.19. The number of aromatic nitrogens is 2. The van der Waals surface area contributed by atoms with Gasteiger partial charge in [0.25, 0.3) is 0 Å². The number of nitrogens with zero attached hydrogens (tertiary/aromatic N) is 3. The fourth-order valence-corrected chi connectivity index (χ4v) is 4.12. The van der Waals surface area contributed by atoms with E-state index in [1.54, 1.807) is 16.7 Å². The molecule has 1 aliphatic rings. The maximum atomic E-state index is 15.0. The van der Waals surface area contributed by atoms with E-state index < -0.39 is 16.7 Å². The molecule has 0 saturated heterocycles. The van der Waals surface area contributed by atoms with Crippen molar-refractivity contribution in [3.05, 3.63) is 57.2 Å². The molecule has 0 atom stereocenters. The fraction of sp³-hybridized carbons (Fsp3) is 0.222. The largest absolute Gasteiger partial charge is 0.490 e. The maximum absolute atomic E-state index is 15.0. The molecule has 2 aromatic carbocycles. The summed E-state index contributed by atoms with van der Waals surface area (Å²) in [6.45, 7) is 1.10. The van der Waals surface area contributed by atoms with Crippen molar-refractivity contribution in [3.8, 4) is 5.75 Å². The number of ether oxygens (including phenoxy) is 1. The van der Waals surface area contributed by atoms with Crippen LogP contribution in [0.25, 0.3) is 10.9 Å².